The van der Waals surface area contributed by atoms with Gasteiger partial charge in [-0.25, -0.2) is 0 Å². The summed E-state index contributed by atoms with van der Waals surface area (Å²) in [5.41, 5.74) is 1.20. The first-order chi connectivity index (χ1) is 7.54. The molecule has 0 spiro atoms. The second kappa shape index (κ2) is 5.97. The lowest BCUT2D eigenvalue weighted by Crippen LogP contribution is -2.26. The molecule has 0 saturated heterocycles. The number of hydrogen-bond acceptors (Lipinski definition) is 2. The summed E-state index contributed by atoms with van der Waals surface area (Å²) >= 11 is 0. The van der Waals surface area contributed by atoms with Gasteiger partial charge in [0.25, 0.3) is 0 Å². The standard InChI is InChI=1S/C13H19NOS/c1-5-10(2)14-11(3)12-6-8-13(9-7-12)16(4)15/h5-11,14H,1H2,2-4H3. The number of hydrogen-bond donors (Lipinski definition) is 1. The van der Waals surface area contributed by atoms with Crippen LogP contribution in [0.15, 0.2) is 41.8 Å². The summed E-state index contributed by atoms with van der Waals surface area (Å²) in [4.78, 5) is 0.868. The fourth-order valence-corrected chi connectivity index (χ4v) is 2.03. The minimum atomic E-state index is -0.899. The fourth-order valence-electron chi connectivity index (χ4n) is 1.51. The van der Waals surface area contributed by atoms with Crippen molar-refractivity contribution < 1.29 is 4.21 Å². The molecule has 1 rings (SSSR count). The molecule has 0 bridgehead atoms. The van der Waals surface area contributed by atoms with E-state index in [1.807, 2.05) is 30.3 Å². The van der Waals surface area contributed by atoms with Gasteiger partial charge >= 0.3 is 0 Å². The van der Waals surface area contributed by atoms with E-state index < -0.39 is 10.8 Å². The van der Waals surface area contributed by atoms with Crippen LogP contribution >= 0.6 is 0 Å². The van der Waals surface area contributed by atoms with Crippen LogP contribution in [0.25, 0.3) is 0 Å². The van der Waals surface area contributed by atoms with Crippen molar-refractivity contribution in [2.45, 2.75) is 30.8 Å². The van der Waals surface area contributed by atoms with Crippen LogP contribution < -0.4 is 5.32 Å². The minimum Gasteiger partial charge on any atom is -0.304 e. The normalized spacial score (nSPS) is 16.4. The zero-order valence-corrected chi connectivity index (χ0v) is 10.9. The number of rotatable bonds is 5. The van der Waals surface area contributed by atoms with Gasteiger partial charge in [-0.05, 0) is 31.5 Å². The first kappa shape index (κ1) is 13.1. The van der Waals surface area contributed by atoms with E-state index in [9.17, 15) is 4.21 Å². The Hall–Kier alpha value is -0.930. The summed E-state index contributed by atoms with van der Waals surface area (Å²) in [5.74, 6) is 0. The van der Waals surface area contributed by atoms with Gasteiger partial charge in [-0.2, -0.15) is 0 Å². The van der Waals surface area contributed by atoms with Gasteiger partial charge in [0.05, 0.1) is 0 Å². The smallest absolute Gasteiger partial charge is 0.0498 e. The topological polar surface area (TPSA) is 29.1 Å². The maximum atomic E-state index is 11.2. The zero-order valence-electron chi connectivity index (χ0n) is 10.1. The molecule has 3 atom stereocenters. The SMILES string of the molecule is C=CC(C)NC(C)c1ccc(S(C)=O)cc1. The average molecular weight is 237 g/mol. The van der Waals surface area contributed by atoms with Crippen molar-refractivity contribution in [2.24, 2.45) is 0 Å². The second-order valence-corrected chi connectivity index (χ2v) is 5.32. The molecule has 0 aliphatic heterocycles. The summed E-state index contributed by atoms with van der Waals surface area (Å²) in [6.45, 7) is 7.92. The Morgan fingerprint density at radius 2 is 1.88 bits per heavy atom. The molecule has 1 aromatic carbocycles. The van der Waals surface area contributed by atoms with Crippen molar-refractivity contribution in [3.63, 3.8) is 0 Å². The molecule has 1 N–H and O–H groups in total. The molecule has 0 fully saturated rings. The number of benzene rings is 1. The molecule has 2 nitrogen and oxygen atoms in total. The van der Waals surface area contributed by atoms with Crippen molar-refractivity contribution in [3.8, 4) is 0 Å². The van der Waals surface area contributed by atoms with E-state index in [1.54, 1.807) is 6.26 Å². The van der Waals surface area contributed by atoms with Crippen LogP contribution in [-0.2, 0) is 10.8 Å². The summed E-state index contributed by atoms with van der Waals surface area (Å²) < 4.78 is 11.2. The third-order valence-electron chi connectivity index (χ3n) is 2.58. The molecule has 0 aromatic heterocycles. The van der Waals surface area contributed by atoms with E-state index >= 15 is 0 Å². The first-order valence-electron chi connectivity index (χ1n) is 5.36. The molecular formula is C13H19NOS. The van der Waals surface area contributed by atoms with Crippen LogP contribution in [0.4, 0.5) is 0 Å². The molecule has 0 amide bonds. The highest BCUT2D eigenvalue weighted by Gasteiger charge is 2.07. The highest BCUT2D eigenvalue weighted by atomic mass is 32.2. The number of nitrogens with one attached hydrogen (secondary N) is 1. The quantitative estimate of drug-likeness (QED) is 0.798. The van der Waals surface area contributed by atoms with Crippen LogP contribution in [0.1, 0.15) is 25.5 Å². The maximum Gasteiger partial charge on any atom is 0.0498 e. The highest BCUT2D eigenvalue weighted by molar-refractivity contribution is 7.84. The van der Waals surface area contributed by atoms with Crippen molar-refractivity contribution in [3.05, 3.63) is 42.5 Å². The van der Waals surface area contributed by atoms with E-state index in [0.29, 0.717) is 0 Å². The molecule has 88 valence electrons. The molecule has 0 aliphatic carbocycles. The Morgan fingerprint density at radius 1 is 1.31 bits per heavy atom. The van der Waals surface area contributed by atoms with E-state index in [4.69, 9.17) is 0 Å². The van der Waals surface area contributed by atoms with Gasteiger partial charge in [0.2, 0.25) is 0 Å². The summed E-state index contributed by atoms with van der Waals surface area (Å²) in [7, 11) is -0.899. The molecule has 16 heavy (non-hydrogen) atoms. The van der Waals surface area contributed by atoms with Gasteiger partial charge in [0.15, 0.2) is 0 Å². The molecule has 0 aliphatic rings. The lowest BCUT2D eigenvalue weighted by Gasteiger charge is -2.17. The lowest BCUT2D eigenvalue weighted by atomic mass is 10.1. The van der Waals surface area contributed by atoms with E-state index in [-0.39, 0.29) is 12.1 Å². The molecular weight excluding hydrogens is 218 g/mol. The molecule has 3 unspecified atom stereocenters. The third-order valence-corrected chi connectivity index (χ3v) is 3.51. The summed E-state index contributed by atoms with van der Waals surface area (Å²) in [6, 6.07) is 8.43. The van der Waals surface area contributed by atoms with Crippen molar-refractivity contribution in [1.29, 1.82) is 0 Å². The van der Waals surface area contributed by atoms with Crippen LogP contribution in [0.2, 0.25) is 0 Å². The third kappa shape index (κ3) is 3.58. The van der Waals surface area contributed by atoms with Crippen molar-refractivity contribution in [1.82, 2.24) is 5.32 Å². The largest absolute Gasteiger partial charge is 0.304 e. The van der Waals surface area contributed by atoms with Gasteiger partial charge < -0.3 is 5.32 Å². The fraction of sp³-hybridized carbons (Fsp3) is 0.385. The van der Waals surface area contributed by atoms with Gasteiger partial charge in [-0.1, -0.05) is 18.2 Å². The minimum absolute atomic E-state index is 0.271. The Morgan fingerprint density at radius 3 is 2.31 bits per heavy atom. The predicted molar refractivity (Wildman–Crippen MR) is 70.0 cm³/mol. The maximum absolute atomic E-state index is 11.2. The average Bonchev–Trinajstić information content (AvgIpc) is 2.28. The summed E-state index contributed by atoms with van der Waals surface area (Å²) in [5, 5.41) is 3.40. The summed E-state index contributed by atoms with van der Waals surface area (Å²) in [6.07, 6.45) is 3.57. The first-order valence-corrected chi connectivity index (χ1v) is 6.92. The van der Waals surface area contributed by atoms with Crippen molar-refractivity contribution >= 4 is 10.8 Å². The molecule has 0 saturated carbocycles. The molecule has 3 heteroatoms. The predicted octanol–water partition coefficient (Wildman–Crippen LogP) is 2.65. The second-order valence-electron chi connectivity index (χ2n) is 3.94. The van der Waals surface area contributed by atoms with Gasteiger partial charge in [0, 0.05) is 34.0 Å². The van der Waals surface area contributed by atoms with Gasteiger partial charge in [-0.3, -0.25) is 4.21 Å². The Bertz CT molecular complexity index is 372. The lowest BCUT2D eigenvalue weighted by molar-refractivity contribution is 0.537. The molecule has 0 heterocycles. The van der Waals surface area contributed by atoms with Crippen molar-refractivity contribution in [2.75, 3.05) is 6.26 Å². The van der Waals surface area contributed by atoms with Crippen LogP contribution in [-0.4, -0.2) is 16.5 Å². The highest BCUT2D eigenvalue weighted by Crippen LogP contribution is 2.15. The molecule has 1 aromatic rings. The molecule has 0 radical (unpaired) electrons. The van der Waals surface area contributed by atoms with Gasteiger partial charge in [-0.15, -0.1) is 6.58 Å². The Kier molecular flexibility index (Phi) is 4.90. The van der Waals surface area contributed by atoms with E-state index in [1.165, 1.54) is 5.56 Å². The van der Waals surface area contributed by atoms with Crippen LogP contribution in [0.3, 0.4) is 0 Å². The van der Waals surface area contributed by atoms with E-state index in [0.717, 1.165) is 4.90 Å². The zero-order chi connectivity index (χ0) is 12.1. The van der Waals surface area contributed by atoms with Crippen LogP contribution in [0, 0.1) is 0 Å². The Labute approximate surface area is 100 Å². The Balaban J connectivity index is 2.73. The van der Waals surface area contributed by atoms with E-state index in [2.05, 4.69) is 25.7 Å². The van der Waals surface area contributed by atoms with Crippen LogP contribution in [0.5, 0.6) is 0 Å². The monoisotopic (exact) mass is 237 g/mol. The van der Waals surface area contributed by atoms with Gasteiger partial charge in [0.1, 0.15) is 0 Å².